The van der Waals surface area contributed by atoms with E-state index in [9.17, 15) is 4.79 Å². The average Bonchev–Trinajstić information content (AvgIpc) is 3.37. The molecule has 3 aromatic rings. The van der Waals surface area contributed by atoms with Gasteiger partial charge in [0.15, 0.2) is 5.82 Å². The van der Waals surface area contributed by atoms with E-state index in [0.717, 1.165) is 0 Å². The van der Waals surface area contributed by atoms with Crippen LogP contribution in [0.15, 0.2) is 65.5 Å². The van der Waals surface area contributed by atoms with Crippen LogP contribution in [0, 0.1) is 0 Å². The van der Waals surface area contributed by atoms with Gasteiger partial charge >= 0.3 is 0 Å². The van der Waals surface area contributed by atoms with Crippen molar-refractivity contribution in [1.82, 2.24) is 15.0 Å². The van der Waals surface area contributed by atoms with Gasteiger partial charge in [0.2, 0.25) is 6.39 Å². The van der Waals surface area contributed by atoms with Gasteiger partial charge in [-0.25, -0.2) is 0 Å². The highest BCUT2D eigenvalue weighted by Crippen LogP contribution is 2.38. The van der Waals surface area contributed by atoms with Crippen LogP contribution in [0.5, 0.6) is 5.75 Å². The van der Waals surface area contributed by atoms with E-state index in [1.54, 1.807) is 13.2 Å². The number of carbonyl (C=O) groups excluding carboxylic acids is 1. The summed E-state index contributed by atoms with van der Waals surface area (Å²) in [6.45, 7) is 1.16. The topological polar surface area (TPSA) is 68.5 Å². The molecule has 1 fully saturated rings. The third-order valence-corrected chi connectivity index (χ3v) is 4.86. The van der Waals surface area contributed by atoms with E-state index in [1.165, 1.54) is 12.0 Å². The number of carbonyl (C=O) groups is 1. The Balaban J connectivity index is 1.63. The molecule has 2 atom stereocenters. The maximum Gasteiger partial charge on any atom is 0.254 e. The lowest BCUT2D eigenvalue weighted by Gasteiger charge is -2.17. The number of methoxy groups -OCH3 is 1. The Morgan fingerprint density at radius 3 is 2.65 bits per heavy atom. The molecular formula is C20H19N3O3. The number of aromatic nitrogens is 2. The number of benzene rings is 2. The number of ether oxygens (including phenoxy) is 1. The van der Waals surface area contributed by atoms with Gasteiger partial charge in [-0.3, -0.25) is 4.79 Å². The van der Waals surface area contributed by atoms with Crippen molar-refractivity contribution in [2.24, 2.45) is 0 Å². The van der Waals surface area contributed by atoms with Crippen LogP contribution in [0.2, 0.25) is 0 Å². The summed E-state index contributed by atoms with van der Waals surface area (Å²) >= 11 is 0. The number of nitrogens with zero attached hydrogens (tertiary/aromatic N) is 3. The van der Waals surface area contributed by atoms with Crippen LogP contribution in [0.3, 0.4) is 0 Å². The SMILES string of the molecule is COc1cccc(C(=O)N2C[C@H](c3ccccc3)[C@@H](c3ncon3)C2)c1. The second-order valence-electron chi connectivity index (χ2n) is 6.36. The van der Waals surface area contributed by atoms with Crippen molar-refractivity contribution in [3.05, 3.63) is 77.9 Å². The minimum Gasteiger partial charge on any atom is -0.497 e. The largest absolute Gasteiger partial charge is 0.497 e. The number of hydrogen-bond acceptors (Lipinski definition) is 5. The van der Waals surface area contributed by atoms with Crippen molar-refractivity contribution in [1.29, 1.82) is 0 Å². The minimum atomic E-state index is -0.0178. The van der Waals surface area contributed by atoms with E-state index in [1.807, 2.05) is 41.3 Å². The molecule has 1 amide bonds. The molecule has 0 unspecified atom stereocenters. The summed E-state index contributed by atoms with van der Waals surface area (Å²) in [5, 5.41) is 4.02. The predicted octanol–water partition coefficient (Wildman–Crippen LogP) is 3.10. The van der Waals surface area contributed by atoms with E-state index < -0.39 is 0 Å². The number of hydrogen-bond donors (Lipinski definition) is 0. The van der Waals surface area contributed by atoms with Crippen molar-refractivity contribution in [2.75, 3.05) is 20.2 Å². The lowest BCUT2D eigenvalue weighted by Crippen LogP contribution is -2.28. The van der Waals surface area contributed by atoms with Gasteiger partial charge in [0.05, 0.1) is 7.11 Å². The maximum atomic E-state index is 13.0. The van der Waals surface area contributed by atoms with Gasteiger partial charge in [0, 0.05) is 30.5 Å². The van der Waals surface area contributed by atoms with Crippen molar-refractivity contribution < 1.29 is 14.1 Å². The van der Waals surface area contributed by atoms with Crippen LogP contribution < -0.4 is 4.74 Å². The number of likely N-dealkylation sites (tertiary alicyclic amines) is 1. The van der Waals surface area contributed by atoms with Crippen LogP contribution in [-0.2, 0) is 0 Å². The molecule has 4 rings (SSSR count). The fourth-order valence-electron chi connectivity index (χ4n) is 3.55. The molecule has 6 nitrogen and oxygen atoms in total. The zero-order valence-electron chi connectivity index (χ0n) is 14.4. The van der Waals surface area contributed by atoms with E-state index in [2.05, 4.69) is 22.3 Å². The van der Waals surface area contributed by atoms with Gasteiger partial charge in [0.1, 0.15) is 5.75 Å². The molecular weight excluding hydrogens is 330 g/mol. The van der Waals surface area contributed by atoms with E-state index in [4.69, 9.17) is 9.26 Å². The van der Waals surface area contributed by atoms with E-state index >= 15 is 0 Å². The molecule has 0 aliphatic carbocycles. The Bertz CT molecular complexity index is 880. The Hall–Kier alpha value is -3.15. The fraction of sp³-hybridized carbons (Fsp3) is 0.250. The predicted molar refractivity (Wildman–Crippen MR) is 95.1 cm³/mol. The first kappa shape index (κ1) is 16.3. The summed E-state index contributed by atoms with van der Waals surface area (Å²) in [5.74, 6) is 1.43. The molecule has 132 valence electrons. The quantitative estimate of drug-likeness (QED) is 0.724. The van der Waals surface area contributed by atoms with Crippen LogP contribution in [0.4, 0.5) is 0 Å². The summed E-state index contributed by atoms with van der Waals surface area (Å²) in [5.41, 5.74) is 1.79. The highest BCUT2D eigenvalue weighted by Gasteiger charge is 2.39. The highest BCUT2D eigenvalue weighted by molar-refractivity contribution is 5.95. The third kappa shape index (κ3) is 3.06. The zero-order valence-corrected chi connectivity index (χ0v) is 14.4. The van der Waals surface area contributed by atoms with E-state index in [-0.39, 0.29) is 17.7 Å². The zero-order chi connectivity index (χ0) is 17.9. The van der Waals surface area contributed by atoms with Gasteiger partial charge < -0.3 is 14.2 Å². The van der Waals surface area contributed by atoms with Gasteiger partial charge in [-0.2, -0.15) is 4.98 Å². The molecule has 0 bridgehead atoms. The molecule has 0 N–H and O–H groups in total. The van der Waals surface area contributed by atoms with Gasteiger partial charge in [-0.05, 0) is 23.8 Å². The molecule has 0 spiro atoms. The van der Waals surface area contributed by atoms with Crippen molar-refractivity contribution in [3.8, 4) is 5.75 Å². The Kier molecular flexibility index (Phi) is 4.39. The average molecular weight is 349 g/mol. The van der Waals surface area contributed by atoms with E-state index in [0.29, 0.717) is 30.2 Å². The normalized spacial score (nSPS) is 19.5. The standard InChI is InChI=1S/C20H19N3O3/c1-25-16-9-5-8-15(10-16)20(24)23-11-17(14-6-3-2-4-7-14)18(12-23)19-21-13-26-22-19/h2-10,13,17-18H,11-12H2,1H3/t17-,18+/m1/s1. The van der Waals surface area contributed by atoms with Gasteiger partial charge in [-0.15, -0.1) is 0 Å². The van der Waals surface area contributed by atoms with Gasteiger partial charge in [0.25, 0.3) is 5.91 Å². The Morgan fingerprint density at radius 1 is 1.12 bits per heavy atom. The number of amides is 1. The summed E-state index contributed by atoms with van der Waals surface area (Å²) in [6, 6.07) is 17.4. The smallest absolute Gasteiger partial charge is 0.254 e. The monoisotopic (exact) mass is 349 g/mol. The van der Waals surface area contributed by atoms with Crippen molar-refractivity contribution in [3.63, 3.8) is 0 Å². The molecule has 2 heterocycles. The lowest BCUT2D eigenvalue weighted by atomic mass is 9.88. The molecule has 2 aromatic carbocycles. The molecule has 1 saturated heterocycles. The maximum absolute atomic E-state index is 13.0. The Labute approximate surface area is 151 Å². The molecule has 1 aliphatic rings. The van der Waals surface area contributed by atoms with Crippen LogP contribution in [0.1, 0.15) is 33.6 Å². The van der Waals surface area contributed by atoms with Crippen LogP contribution >= 0.6 is 0 Å². The molecule has 0 radical (unpaired) electrons. The third-order valence-electron chi connectivity index (χ3n) is 4.86. The second-order valence-corrected chi connectivity index (χ2v) is 6.36. The van der Waals surface area contributed by atoms with Crippen molar-refractivity contribution in [2.45, 2.75) is 11.8 Å². The summed E-state index contributed by atoms with van der Waals surface area (Å²) in [6.07, 6.45) is 1.34. The Morgan fingerprint density at radius 2 is 1.92 bits per heavy atom. The summed E-state index contributed by atoms with van der Waals surface area (Å²) in [4.78, 5) is 19.1. The van der Waals surface area contributed by atoms with Crippen LogP contribution in [0.25, 0.3) is 0 Å². The first-order valence-electron chi connectivity index (χ1n) is 8.51. The highest BCUT2D eigenvalue weighted by atomic mass is 16.5. The summed E-state index contributed by atoms with van der Waals surface area (Å²) < 4.78 is 10.2. The second kappa shape index (κ2) is 7.00. The van der Waals surface area contributed by atoms with Crippen LogP contribution in [-0.4, -0.2) is 41.1 Å². The molecule has 26 heavy (non-hydrogen) atoms. The fourth-order valence-corrected chi connectivity index (χ4v) is 3.55. The first-order chi connectivity index (χ1) is 12.8. The summed E-state index contributed by atoms with van der Waals surface area (Å²) in [7, 11) is 1.59. The number of rotatable bonds is 4. The molecule has 6 heteroatoms. The lowest BCUT2D eigenvalue weighted by molar-refractivity contribution is 0.0788. The minimum absolute atomic E-state index is 0.00528. The van der Waals surface area contributed by atoms with Gasteiger partial charge in [-0.1, -0.05) is 41.6 Å². The molecule has 1 aromatic heterocycles. The molecule has 1 aliphatic heterocycles. The first-order valence-corrected chi connectivity index (χ1v) is 8.51. The molecule has 0 saturated carbocycles. The van der Waals surface area contributed by atoms with Crippen molar-refractivity contribution >= 4 is 5.91 Å².